The van der Waals surface area contributed by atoms with Crippen molar-refractivity contribution in [1.29, 1.82) is 0 Å². The van der Waals surface area contributed by atoms with E-state index >= 15 is 0 Å². The molecule has 0 aliphatic carbocycles. The van der Waals surface area contributed by atoms with E-state index in [1.165, 1.54) is 5.56 Å². The fourth-order valence-corrected chi connectivity index (χ4v) is 3.50. The van der Waals surface area contributed by atoms with Crippen LogP contribution in [-0.2, 0) is 17.7 Å². The third kappa shape index (κ3) is 3.26. The molecular formula is C19H22N2O4. The molecule has 1 unspecified atom stereocenters. The van der Waals surface area contributed by atoms with Crippen LogP contribution in [-0.4, -0.2) is 36.0 Å². The molecule has 1 aromatic carbocycles. The lowest BCUT2D eigenvalue weighted by Crippen LogP contribution is -2.30. The molecule has 0 bridgehead atoms. The minimum Gasteiger partial charge on any atom is -0.497 e. The van der Waals surface area contributed by atoms with Crippen molar-refractivity contribution < 1.29 is 14.2 Å². The predicted molar refractivity (Wildman–Crippen MR) is 93.3 cm³/mol. The van der Waals surface area contributed by atoms with Gasteiger partial charge in [-0.1, -0.05) is 0 Å². The summed E-state index contributed by atoms with van der Waals surface area (Å²) in [5.41, 5.74) is 2.79. The molecule has 1 atom stereocenters. The minimum atomic E-state index is -0.265. The number of fused-ring (bicyclic) bond motifs is 3. The van der Waals surface area contributed by atoms with Crippen LogP contribution in [0.25, 0.3) is 11.3 Å². The molecule has 0 saturated carbocycles. The first-order valence-corrected chi connectivity index (χ1v) is 8.78. The molecule has 6 nitrogen and oxygen atoms in total. The first-order chi connectivity index (χ1) is 12.2. The van der Waals surface area contributed by atoms with Gasteiger partial charge in [-0.05, 0) is 49.4 Å². The molecular weight excluding hydrogens is 320 g/mol. The molecule has 1 aromatic heterocycles. The highest BCUT2D eigenvalue weighted by atomic mass is 16.5. The molecule has 25 heavy (non-hydrogen) atoms. The van der Waals surface area contributed by atoms with Gasteiger partial charge in [0, 0.05) is 24.8 Å². The van der Waals surface area contributed by atoms with Crippen LogP contribution in [0.4, 0.5) is 0 Å². The third-order valence-corrected chi connectivity index (χ3v) is 4.87. The van der Waals surface area contributed by atoms with E-state index < -0.39 is 0 Å². The van der Waals surface area contributed by atoms with Gasteiger partial charge in [0.15, 0.2) is 0 Å². The molecule has 1 fully saturated rings. The Kier molecular flexibility index (Phi) is 4.44. The van der Waals surface area contributed by atoms with Crippen molar-refractivity contribution in [3.05, 3.63) is 40.3 Å². The highest BCUT2D eigenvalue weighted by Gasteiger charge is 2.20. The van der Waals surface area contributed by atoms with Gasteiger partial charge in [-0.3, -0.25) is 4.57 Å². The number of ether oxygens (including phenoxy) is 3. The Balaban J connectivity index is 1.61. The summed E-state index contributed by atoms with van der Waals surface area (Å²) in [6.45, 7) is 1.84. The smallest absolute Gasteiger partial charge is 0.351 e. The summed E-state index contributed by atoms with van der Waals surface area (Å²) in [5, 5.41) is 0. The molecule has 3 heterocycles. The zero-order valence-corrected chi connectivity index (χ0v) is 14.4. The normalized spacial score (nSPS) is 19.0. The first-order valence-electron chi connectivity index (χ1n) is 8.78. The van der Waals surface area contributed by atoms with E-state index in [1.807, 2.05) is 24.3 Å². The molecule has 2 aromatic rings. The maximum atomic E-state index is 12.4. The first kappa shape index (κ1) is 16.1. The van der Waals surface area contributed by atoms with Gasteiger partial charge >= 0.3 is 5.69 Å². The number of hydrogen-bond acceptors (Lipinski definition) is 5. The van der Waals surface area contributed by atoms with E-state index in [-0.39, 0.29) is 11.8 Å². The lowest BCUT2D eigenvalue weighted by atomic mass is 9.97. The number of hydrogen-bond donors (Lipinski definition) is 0. The zero-order chi connectivity index (χ0) is 17.2. The number of nitrogens with zero attached hydrogens (tertiary/aromatic N) is 2. The molecule has 4 rings (SSSR count). The highest BCUT2D eigenvalue weighted by Crippen LogP contribution is 2.32. The van der Waals surface area contributed by atoms with Crippen LogP contribution in [0, 0.1) is 0 Å². The van der Waals surface area contributed by atoms with Crippen LogP contribution < -0.4 is 15.2 Å². The number of benzene rings is 1. The zero-order valence-electron chi connectivity index (χ0n) is 14.4. The molecule has 0 spiro atoms. The molecule has 2 aliphatic heterocycles. The minimum absolute atomic E-state index is 0.0888. The van der Waals surface area contributed by atoms with Gasteiger partial charge in [-0.25, -0.2) is 4.79 Å². The third-order valence-electron chi connectivity index (χ3n) is 4.87. The second-order valence-electron chi connectivity index (χ2n) is 6.49. The summed E-state index contributed by atoms with van der Waals surface area (Å²) in [4.78, 5) is 16.5. The van der Waals surface area contributed by atoms with Crippen LogP contribution in [0.1, 0.15) is 24.8 Å². The quantitative estimate of drug-likeness (QED) is 0.854. The SMILES string of the molecule is COc1ccc2c(c1)CCn1c-2cc(OCC2CCCCO2)nc1=O. The average molecular weight is 342 g/mol. The largest absolute Gasteiger partial charge is 0.497 e. The van der Waals surface area contributed by atoms with Crippen LogP contribution >= 0.6 is 0 Å². The van der Waals surface area contributed by atoms with Crippen LogP contribution in [0.3, 0.4) is 0 Å². The second kappa shape index (κ2) is 6.88. The average Bonchev–Trinajstić information content (AvgIpc) is 2.66. The Morgan fingerprint density at radius 1 is 1.32 bits per heavy atom. The van der Waals surface area contributed by atoms with Crippen molar-refractivity contribution in [2.24, 2.45) is 0 Å². The summed E-state index contributed by atoms with van der Waals surface area (Å²) in [7, 11) is 1.66. The standard InChI is InChI=1S/C19H22N2O4/c1-23-14-5-6-16-13(10-14)7-8-21-17(16)11-18(20-19(21)22)25-12-15-4-2-3-9-24-15/h5-6,10-11,15H,2-4,7-9,12H2,1H3. The molecule has 2 aliphatic rings. The van der Waals surface area contributed by atoms with Crippen molar-refractivity contribution >= 4 is 0 Å². The predicted octanol–water partition coefficient (Wildman–Crippen LogP) is 2.42. The van der Waals surface area contributed by atoms with E-state index in [4.69, 9.17) is 14.2 Å². The van der Waals surface area contributed by atoms with Gasteiger partial charge in [0.2, 0.25) is 5.88 Å². The summed E-state index contributed by atoms with van der Waals surface area (Å²) in [6, 6.07) is 7.79. The monoisotopic (exact) mass is 342 g/mol. The van der Waals surface area contributed by atoms with Gasteiger partial charge in [-0.2, -0.15) is 4.98 Å². The van der Waals surface area contributed by atoms with Gasteiger partial charge in [-0.15, -0.1) is 0 Å². The lowest BCUT2D eigenvalue weighted by molar-refractivity contribution is -0.0120. The van der Waals surface area contributed by atoms with E-state index in [1.54, 1.807) is 11.7 Å². The molecule has 1 saturated heterocycles. The topological polar surface area (TPSA) is 62.6 Å². The van der Waals surface area contributed by atoms with Crippen LogP contribution in [0.5, 0.6) is 11.6 Å². The second-order valence-corrected chi connectivity index (χ2v) is 6.49. The Labute approximate surface area is 146 Å². The van der Waals surface area contributed by atoms with Crippen molar-refractivity contribution in [1.82, 2.24) is 9.55 Å². The van der Waals surface area contributed by atoms with Crippen LogP contribution in [0.2, 0.25) is 0 Å². The molecule has 0 N–H and O–H groups in total. The molecule has 132 valence electrons. The van der Waals surface area contributed by atoms with Crippen molar-refractivity contribution in [2.45, 2.75) is 38.3 Å². The molecule has 0 radical (unpaired) electrons. The number of methoxy groups -OCH3 is 1. The maximum absolute atomic E-state index is 12.4. The maximum Gasteiger partial charge on any atom is 0.351 e. The van der Waals surface area contributed by atoms with Crippen molar-refractivity contribution in [3.63, 3.8) is 0 Å². The summed E-state index contributed by atoms with van der Waals surface area (Å²) in [5.74, 6) is 1.20. The lowest BCUT2D eigenvalue weighted by Gasteiger charge is -2.24. The van der Waals surface area contributed by atoms with Gasteiger partial charge < -0.3 is 14.2 Å². The fourth-order valence-electron chi connectivity index (χ4n) is 3.50. The number of aryl methyl sites for hydroxylation is 1. The van der Waals surface area contributed by atoms with Gasteiger partial charge in [0.1, 0.15) is 12.4 Å². The van der Waals surface area contributed by atoms with E-state index in [2.05, 4.69) is 4.98 Å². The Morgan fingerprint density at radius 3 is 3.04 bits per heavy atom. The molecule has 6 heteroatoms. The fraction of sp³-hybridized carbons (Fsp3) is 0.474. The number of rotatable bonds is 4. The van der Waals surface area contributed by atoms with Gasteiger partial charge in [0.05, 0.1) is 18.9 Å². The summed E-state index contributed by atoms with van der Waals surface area (Å²) >= 11 is 0. The van der Waals surface area contributed by atoms with Crippen molar-refractivity contribution in [3.8, 4) is 22.9 Å². The van der Waals surface area contributed by atoms with E-state index in [9.17, 15) is 4.79 Å². The highest BCUT2D eigenvalue weighted by molar-refractivity contribution is 5.67. The van der Waals surface area contributed by atoms with Crippen molar-refractivity contribution in [2.75, 3.05) is 20.3 Å². The Bertz CT molecular complexity index is 825. The summed E-state index contributed by atoms with van der Waals surface area (Å²) in [6.07, 6.45) is 4.13. The number of aromatic nitrogens is 2. The summed E-state index contributed by atoms with van der Waals surface area (Å²) < 4.78 is 18.5. The Hall–Kier alpha value is -2.34. The van der Waals surface area contributed by atoms with E-state index in [0.29, 0.717) is 19.0 Å². The van der Waals surface area contributed by atoms with Gasteiger partial charge in [0.25, 0.3) is 0 Å². The van der Waals surface area contributed by atoms with Crippen LogP contribution in [0.15, 0.2) is 29.1 Å². The Morgan fingerprint density at radius 2 is 2.24 bits per heavy atom. The molecule has 0 amide bonds. The van der Waals surface area contributed by atoms with E-state index in [0.717, 1.165) is 49.3 Å².